The Morgan fingerprint density at radius 3 is 2.77 bits per heavy atom. The Labute approximate surface area is 149 Å². The Balaban J connectivity index is 2.42. The number of nitrogens with one attached hydrogen (secondary N) is 1. The van der Waals surface area contributed by atoms with Gasteiger partial charge in [0.05, 0.1) is 12.5 Å². The van der Waals surface area contributed by atoms with Crippen molar-refractivity contribution in [1.82, 2.24) is 14.0 Å². The number of aryl methyl sites for hydroxylation is 2. The van der Waals surface area contributed by atoms with Crippen LogP contribution in [0.3, 0.4) is 0 Å². The Morgan fingerprint density at radius 1 is 1.31 bits per heavy atom. The molecule has 1 N–H and O–H groups in total. The Hall–Kier alpha value is -3.00. The average Bonchev–Trinajstić information content (AvgIpc) is 2.64. The number of methoxy groups -OCH3 is 2. The van der Waals surface area contributed by atoms with Crippen molar-refractivity contribution in [3.63, 3.8) is 0 Å². The predicted octanol–water partition coefficient (Wildman–Crippen LogP) is 1.26. The highest BCUT2D eigenvalue weighted by atomic mass is 16.5. The van der Waals surface area contributed by atoms with Gasteiger partial charge in [0.25, 0.3) is 5.56 Å². The summed E-state index contributed by atoms with van der Waals surface area (Å²) in [7, 11) is 2.84. The quantitative estimate of drug-likeness (QED) is 0.422. The van der Waals surface area contributed by atoms with Crippen molar-refractivity contribution in [3.8, 4) is 0 Å². The van der Waals surface area contributed by atoms with Gasteiger partial charge in [-0.05, 0) is 31.0 Å². The first-order valence-electron chi connectivity index (χ1n) is 8.17. The third-order valence-corrected chi connectivity index (χ3v) is 4.27. The second-order valence-corrected chi connectivity index (χ2v) is 5.94. The molecule has 136 valence electrons. The second-order valence-electron chi connectivity index (χ2n) is 5.94. The summed E-state index contributed by atoms with van der Waals surface area (Å²) in [4.78, 5) is 29.7. The average molecular weight is 356 g/mol. The number of aromatic nitrogens is 3. The number of pyridine rings is 2. The van der Waals surface area contributed by atoms with Crippen molar-refractivity contribution in [2.24, 2.45) is 0 Å². The third kappa shape index (κ3) is 2.88. The number of carbonyl (C=O) groups excluding carboxylic acids is 1. The van der Waals surface area contributed by atoms with E-state index in [-0.39, 0.29) is 22.0 Å². The standard InChI is InChI=1S/C18H20N4O4/c1-11-6-4-7-22-15(11)20-16-13(17(22)23)10-12(18(24)26-3)14(19)21(16)8-5-9-25-2/h4,6-7,10,19H,5,8-9H2,1-3H3. The van der Waals surface area contributed by atoms with E-state index in [9.17, 15) is 9.59 Å². The Morgan fingerprint density at radius 2 is 2.08 bits per heavy atom. The molecule has 0 saturated heterocycles. The number of hydrogen-bond donors (Lipinski definition) is 1. The highest BCUT2D eigenvalue weighted by Crippen LogP contribution is 2.13. The smallest absolute Gasteiger partial charge is 0.341 e. The van der Waals surface area contributed by atoms with Gasteiger partial charge in [0.2, 0.25) is 0 Å². The maximum absolute atomic E-state index is 13.0. The normalized spacial score (nSPS) is 11.2. The highest BCUT2D eigenvalue weighted by Gasteiger charge is 2.18. The zero-order valence-electron chi connectivity index (χ0n) is 14.9. The SMILES string of the molecule is COCCCn1c(=N)c(C(=O)OC)cc2c(=O)n3cccc(C)c3nc21. The zero-order valence-corrected chi connectivity index (χ0v) is 14.9. The summed E-state index contributed by atoms with van der Waals surface area (Å²) < 4.78 is 12.9. The van der Waals surface area contributed by atoms with Crippen LogP contribution in [-0.4, -0.2) is 40.7 Å². The molecule has 0 radical (unpaired) electrons. The molecule has 8 nitrogen and oxygen atoms in total. The third-order valence-electron chi connectivity index (χ3n) is 4.27. The maximum atomic E-state index is 13.0. The van der Waals surface area contributed by atoms with E-state index in [1.807, 2.05) is 13.0 Å². The van der Waals surface area contributed by atoms with E-state index in [0.717, 1.165) is 5.56 Å². The molecule has 26 heavy (non-hydrogen) atoms. The summed E-state index contributed by atoms with van der Waals surface area (Å²) in [6.45, 7) is 2.75. The number of fused-ring (bicyclic) bond motifs is 2. The first-order chi connectivity index (χ1) is 12.5. The molecular weight excluding hydrogens is 336 g/mol. The molecule has 0 fully saturated rings. The molecule has 0 spiro atoms. The lowest BCUT2D eigenvalue weighted by Gasteiger charge is -2.14. The summed E-state index contributed by atoms with van der Waals surface area (Å²) in [6, 6.07) is 5.03. The lowest BCUT2D eigenvalue weighted by Crippen LogP contribution is -2.31. The van der Waals surface area contributed by atoms with Gasteiger partial charge >= 0.3 is 5.97 Å². The summed E-state index contributed by atoms with van der Waals surface area (Å²) >= 11 is 0. The van der Waals surface area contributed by atoms with Crippen molar-refractivity contribution in [2.45, 2.75) is 19.9 Å². The molecule has 0 unspecified atom stereocenters. The fourth-order valence-corrected chi connectivity index (χ4v) is 2.95. The van der Waals surface area contributed by atoms with Gasteiger partial charge in [0.15, 0.2) is 0 Å². The molecule has 0 aliphatic heterocycles. The van der Waals surface area contributed by atoms with Crippen molar-refractivity contribution in [3.05, 3.63) is 51.4 Å². The highest BCUT2D eigenvalue weighted by molar-refractivity contribution is 5.93. The monoisotopic (exact) mass is 356 g/mol. The molecule has 0 bridgehead atoms. The van der Waals surface area contributed by atoms with Gasteiger partial charge < -0.3 is 14.0 Å². The molecule has 3 rings (SSSR count). The molecule has 8 heteroatoms. The van der Waals surface area contributed by atoms with E-state index in [0.29, 0.717) is 30.9 Å². The fraction of sp³-hybridized carbons (Fsp3) is 0.333. The van der Waals surface area contributed by atoms with Crippen LogP contribution in [0.25, 0.3) is 16.7 Å². The minimum absolute atomic E-state index is 0.0314. The van der Waals surface area contributed by atoms with E-state index in [4.69, 9.17) is 14.9 Å². The lowest BCUT2D eigenvalue weighted by molar-refractivity contribution is 0.0597. The number of esters is 1. The van der Waals surface area contributed by atoms with E-state index >= 15 is 0 Å². The topological polar surface area (TPSA) is 98.7 Å². The maximum Gasteiger partial charge on any atom is 0.341 e. The fourth-order valence-electron chi connectivity index (χ4n) is 2.95. The number of hydrogen-bond acceptors (Lipinski definition) is 6. The van der Waals surface area contributed by atoms with Gasteiger partial charge in [-0.1, -0.05) is 6.07 Å². The van der Waals surface area contributed by atoms with E-state index < -0.39 is 5.97 Å². The molecule has 3 aromatic rings. The molecular formula is C18H20N4O4. The molecule has 0 saturated carbocycles. The van der Waals surface area contributed by atoms with Crippen molar-refractivity contribution in [1.29, 1.82) is 5.41 Å². The van der Waals surface area contributed by atoms with Crippen LogP contribution >= 0.6 is 0 Å². The number of nitrogens with zero attached hydrogens (tertiary/aromatic N) is 3. The zero-order chi connectivity index (χ0) is 18.8. The van der Waals surface area contributed by atoms with Gasteiger partial charge in [-0.3, -0.25) is 14.6 Å². The summed E-state index contributed by atoms with van der Waals surface area (Å²) in [6.07, 6.45) is 2.25. The molecule has 0 aliphatic carbocycles. The van der Waals surface area contributed by atoms with Crippen molar-refractivity contribution in [2.75, 3.05) is 20.8 Å². The molecule has 3 heterocycles. The molecule has 3 aromatic heterocycles. The van der Waals surface area contributed by atoms with Gasteiger partial charge in [0, 0.05) is 26.5 Å². The van der Waals surface area contributed by atoms with E-state index in [2.05, 4.69) is 4.98 Å². The summed E-state index contributed by atoms with van der Waals surface area (Å²) in [5.74, 6) is -0.661. The number of ether oxygens (including phenoxy) is 2. The van der Waals surface area contributed by atoms with Crippen LogP contribution in [0.2, 0.25) is 0 Å². The Bertz CT molecular complexity index is 1110. The second kappa shape index (κ2) is 7.09. The number of rotatable bonds is 5. The lowest BCUT2D eigenvalue weighted by atomic mass is 10.2. The van der Waals surface area contributed by atoms with Crippen LogP contribution in [0, 0.1) is 12.3 Å². The van der Waals surface area contributed by atoms with Gasteiger partial charge in [-0.15, -0.1) is 0 Å². The van der Waals surface area contributed by atoms with Gasteiger partial charge in [-0.25, -0.2) is 9.78 Å². The Kier molecular flexibility index (Phi) is 4.85. The molecule has 0 amide bonds. The first kappa shape index (κ1) is 17.8. The minimum atomic E-state index is -0.661. The van der Waals surface area contributed by atoms with Crippen LogP contribution in [0.4, 0.5) is 0 Å². The van der Waals surface area contributed by atoms with Crippen molar-refractivity contribution < 1.29 is 14.3 Å². The number of carbonyl (C=O) groups is 1. The van der Waals surface area contributed by atoms with Crippen LogP contribution in [0.15, 0.2) is 29.2 Å². The molecule has 0 aliphatic rings. The van der Waals surface area contributed by atoms with E-state index in [1.165, 1.54) is 17.6 Å². The molecule has 0 aromatic carbocycles. The van der Waals surface area contributed by atoms with Gasteiger partial charge in [-0.2, -0.15) is 0 Å². The largest absolute Gasteiger partial charge is 0.465 e. The van der Waals surface area contributed by atoms with Crippen molar-refractivity contribution >= 4 is 22.6 Å². The first-order valence-corrected chi connectivity index (χ1v) is 8.17. The van der Waals surface area contributed by atoms with Crippen LogP contribution in [-0.2, 0) is 16.0 Å². The molecule has 0 atom stereocenters. The predicted molar refractivity (Wildman–Crippen MR) is 95.4 cm³/mol. The van der Waals surface area contributed by atoms with Crippen LogP contribution in [0.5, 0.6) is 0 Å². The van der Waals surface area contributed by atoms with Crippen LogP contribution in [0.1, 0.15) is 22.3 Å². The minimum Gasteiger partial charge on any atom is -0.465 e. The van der Waals surface area contributed by atoms with Gasteiger partial charge in [0.1, 0.15) is 22.3 Å². The van der Waals surface area contributed by atoms with E-state index in [1.54, 1.807) is 23.9 Å². The van der Waals surface area contributed by atoms with Crippen LogP contribution < -0.4 is 11.0 Å². The summed E-state index contributed by atoms with van der Waals surface area (Å²) in [5, 5.41) is 8.67. The summed E-state index contributed by atoms with van der Waals surface area (Å²) in [5.41, 5.74) is 1.45.